The van der Waals surface area contributed by atoms with Crippen molar-refractivity contribution in [2.24, 2.45) is 0 Å². The highest BCUT2D eigenvalue weighted by molar-refractivity contribution is 7.89. The van der Waals surface area contributed by atoms with Crippen LogP contribution in [0.4, 0.5) is 10.1 Å². The number of carbonyl (C=O) groups is 1. The van der Waals surface area contributed by atoms with Crippen molar-refractivity contribution < 1.29 is 17.6 Å². The molecule has 30 heavy (non-hydrogen) atoms. The van der Waals surface area contributed by atoms with E-state index in [1.165, 1.54) is 10.4 Å². The standard InChI is InChI=1S/C21H25ClFN3O3S/c1-3-8-25-9-11-26(12-10-25)30(28,29)17-6-7-20(23)18(14-17)21(27)24-16-5-4-15(2)19(22)13-16/h4-7,13-14H,3,8-12H2,1-2H3,(H,24,27). The van der Waals surface area contributed by atoms with Crippen molar-refractivity contribution in [3.63, 3.8) is 0 Å². The molecule has 0 atom stereocenters. The molecule has 6 nitrogen and oxygen atoms in total. The van der Waals surface area contributed by atoms with E-state index < -0.39 is 21.7 Å². The molecule has 162 valence electrons. The molecule has 0 bridgehead atoms. The molecule has 0 aliphatic carbocycles. The van der Waals surface area contributed by atoms with E-state index in [0.717, 1.165) is 30.7 Å². The van der Waals surface area contributed by atoms with Crippen molar-refractivity contribution in [3.05, 3.63) is 58.4 Å². The number of benzene rings is 2. The Hall–Kier alpha value is -2.00. The highest BCUT2D eigenvalue weighted by Gasteiger charge is 2.29. The number of rotatable bonds is 6. The van der Waals surface area contributed by atoms with E-state index >= 15 is 0 Å². The number of piperazine rings is 1. The van der Waals surface area contributed by atoms with Crippen molar-refractivity contribution in [2.75, 3.05) is 38.0 Å². The van der Waals surface area contributed by atoms with E-state index in [1.54, 1.807) is 18.2 Å². The van der Waals surface area contributed by atoms with E-state index in [-0.39, 0.29) is 10.5 Å². The van der Waals surface area contributed by atoms with Crippen LogP contribution in [0.3, 0.4) is 0 Å². The molecule has 1 N–H and O–H groups in total. The minimum Gasteiger partial charge on any atom is -0.322 e. The van der Waals surface area contributed by atoms with Crippen LogP contribution in [0.2, 0.25) is 5.02 Å². The number of sulfonamides is 1. The van der Waals surface area contributed by atoms with Gasteiger partial charge in [-0.05, 0) is 55.8 Å². The van der Waals surface area contributed by atoms with E-state index in [0.29, 0.717) is 36.9 Å². The van der Waals surface area contributed by atoms with Gasteiger partial charge in [-0.15, -0.1) is 0 Å². The second-order valence-corrected chi connectivity index (χ2v) is 9.65. The fraction of sp³-hybridized carbons (Fsp3) is 0.381. The van der Waals surface area contributed by atoms with Gasteiger partial charge in [0.15, 0.2) is 0 Å². The van der Waals surface area contributed by atoms with Gasteiger partial charge in [0.25, 0.3) is 5.91 Å². The van der Waals surface area contributed by atoms with Crippen LogP contribution in [0.5, 0.6) is 0 Å². The molecule has 0 spiro atoms. The molecular formula is C21H25ClFN3O3S. The quantitative estimate of drug-likeness (QED) is 0.723. The van der Waals surface area contributed by atoms with E-state index in [2.05, 4.69) is 17.1 Å². The Morgan fingerprint density at radius 2 is 1.83 bits per heavy atom. The van der Waals surface area contributed by atoms with Gasteiger partial charge in [-0.1, -0.05) is 24.6 Å². The molecule has 1 heterocycles. The van der Waals surface area contributed by atoms with Gasteiger partial charge < -0.3 is 10.2 Å². The normalized spacial score (nSPS) is 15.9. The predicted molar refractivity (Wildman–Crippen MR) is 116 cm³/mol. The van der Waals surface area contributed by atoms with Crippen molar-refractivity contribution in [3.8, 4) is 0 Å². The molecule has 0 radical (unpaired) electrons. The summed E-state index contributed by atoms with van der Waals surface area (Å²) in [5.74, 6) is -1.53. The van der Waals surface area contributed by atoms with Crippen LogP contribution in [-0.2, 0) is 10.0 Å². The minimum atomic E-state index is -3.82. The van der Waals surface area contributed by atoms with Gasteiger partial charge in [0.1, 0.15) is 5.82 Å². The molecular weight excluding hydrogens is 429 g/mol. The Labute approximate surface area is 181 Å². The summed E-state index contributed by atoms with van der Waals surface area (Å²) >= 11 is 6.06. The van der Waals surface area contributed by atoms with Crippen molar-refractivity contribution >= 4 is 33.2 Å². The Morgan fingerprint density at radius 3 is 2.47 bits per heavy atom. The fourth-order valence-electron chi connectivity index (χ4n) is 3.37. The van der Waals surface area contributed by atoms with Crippen molar-refractivity contribution in [1.82, 2.24) is 9.21 Å². The molecule has 1 aliphatic rings. The summed E-state index contributed by atoms with van der Waals surface area (Å²) < 4.78 is 41.7. The maximum absolute atomic E-state index is 14.3. The monoisotopic (exact) mass is 453 g/mol. The largest absolute Gasteiger partial charge is 0.322 e. The molecule has 1 amide bonds. The maximum atomic E-state index is 14.3. The molecule has 0 unspecified atom stereocenters. The molecule has 2 aromatic rings. The van der Waals surface area contributed by atoms with Gasteiger partial charge in [-0.3, -0.25) is 4.79 Å². The zero-order chi connectivity index (χ0) is 21.9. The van der Waals surface area contributed by atoms with Crippen LogP contribution in [0, 0.1) is 12.7 Å². The number of hydrogen-bond donors (Lipinski definition) is 1. The lowest BCUT2D eigenvalue weighted by Gasteiger charge is -2.33. The average molecular weight is 454 g/mol. The molecule has 1 fully saturated rings. The molecule has 1 aliphatic heterocycles. The summed E-state index contributed by atoms with van der Waals surface area (Å²) in [4.78, 5) is 14.7. The molecule has 1 saturated heterocycles. The van der Waals surface area contributed by atoms with Crippen LogP contribution in [0.15, 0.2) is 41.3 Å². The number of nitrogens with zero attached hydrogens (tertiary/aromatic N) is 2. The number of carbonyl (C=O) groups excluding carboxylic acids is 1. The molecule has 0 saturated carbocycles. The lowest BCUT2D eigenvalue weighted by molar-refractivity contribution is 0.102. The third-order valence-electron chi connectivity index (χ3n) is 5.12. The van der Waals surface area contributed by atoms with Gasteiger partial charge in [0, 0.05) is 36.9 Å². The summed E-state index contributed by atoms with van der Waals surface area (Å²) in [6.45, 7) is 6.86. The van der Waals surface area contributed by atoms with Crippen LogP contribution in [0.25, 0.3) is 0 Å². The minimum absolute atomic E-state index is 0.0973. The molecule has 0 aromatic heterocycles. The van der Waals surface area contributed by atoms with Crippen LogP contribution < -0.4 is 5.32 Å². The second kappa shape index (κ2) is 9.43. The zero-order valence-electron chi connectivity index (χ0n) is 17.0. The first-order chi connectivity index (χ1) is 14.2. The number of anilines is 1. The van der Waals surface area contributed by atoms with Gasteiger partial charge in [-0.2, -0.15) is 4.31 Å². The first-order valence-corrected chi connectivity index (χ1v) is 11.6. The lowest BCUT2D eigenvalue weighted by atomic mass is 10.2. The number of nitrogens with one attached hydrogen (secondary N) is 1. The fourth-order valence-corrected chi connectivity index (χ4v) is 5.00. The predicted octanol–water partition coefficient (Wildman–Crippen LogP) is 3.76. The Balaban J connectivity index is 1.80. The third kappa shape index (κ3) is 5.00. The molecule has 9 heteroatoms. The Bertz CT molecular complexity index is 1040. The number of hydrogen-bond acceptors (Lipinski definition) is 4. The Kier molecular flexibility index (Phi) is 7.13. The van der Waals surface area contributed by atoms with Crippen LogP contribution >= 0.6 is 11.6 Å². The highest BCUT2D eigenvalue weighted by atomic mass is 35.5. The molecule has 3 rings (SSSR count). The van der Waals surface area contributed by atoms with Gasteiger partial charge in [-0.25, -0.2) is 12.8 Å². The van der Waals surface area contributed by atoms with E-state index in [1.807, 2.05) is 6.92 Å². The van der Waals surface area contributed by atoms with Crippen LogP contribution in [0.1, 0.15) is 29.3 Å². The SMILES string of the molecule is CCCN1CCN(S(=O)(=O)c2ccc(F)c(C(=O)Nc3ccc(C)c(Cl)c3)c2)CC1. The Morgan fingerprint density at radius 1 is 1.13 bits per heavy atom. The summed E-state index contributed by atoms with van der Waals surface area (Å²) in [7, 11) is -3.82. The third-order valence-corrected chi connectivity index (χ3v) is 7.42. The molecule has 2 aromatic carbocycles. The first-order valence-electron chi connectivity index (χ1n) is 9.82. The number of amides is 1. The average Bonchev–Trinajstić information content (AvgIpc) is 2.71. The van der Waals surface area contributed by atoms with Gasteiger partial charge in [0.2, 0.25) is 10.0 Å². The number of aryl methyl sites for hydroxylation is 1. The summed E-state index contributed by atoms with van der Waals surface area (Å²) in [6, 6.07) is 8.23. The van der Waals surface area contributed by atoms with Crippen LogP contribution in [-0.4, -0.2) is 56.3 Å². The first kappa shape index (κ1) is 22.7. The van der Waals surface area contributed by atoms with Gasteiger partial charge >= 0.3 is 0 Å². The zero-order valence-corrected chi connectivity index (χ0v) is 18.6. The van der Waals surface area contributed by atoms with Crippen molar-refractivity contribution in [1.29, 1.82) is 0 Å². The summed E-state index contributed by atoms with van der Waals surface area (Å²) in [5.41, 5.74) is 0.903. The topological polar surface area (TPSA) is 69.7 Å². The van der Waals surface area contributed by atoms with E-state index in [4.69, 9.17) is 11.6 Å². The maximum Gasteiger partial charge on any atom is 0.258 e. The van der Waals surface area contributed by atoms with Crippen molar-refractivity contribution in [2.45, 2.75) is 25.2 Å². The van der Waals surface area contributed by atoms with Gasteiger partial charge in [0.05, 0.1) is 10.5 Å². The summed E-state index contributed by atoms with van der Waals surface area (Å²) in [6.07, 6.45) is 1.01. The lowest BCUT2D eigenvalue weighted by Crippen LogP contribution is -2.48. The van der Waals surface area contributed by atoms with E-state index in [9.17, 15) is 17.6 Å². The smallest absolute Gasteiger partial charge is 0.258 e. The summed E-state index contributed by atoms with van der Waals surface area (Å²) in [5, 5.41) is 3.03. The number of halogens is 2. The highest BCUT2D eigenvalue weighted by Crippen LogP contribution is 2.23. The second-order valence-electron chi connectivity index (χ2n) is 7.31.